The summed E-state index contributed by atoms with van der Waals surface area (Å²) in [4.78, 5) is 23.9. The maximum atomic E-state index is 12.3. The van der Waals surface area contributed by atoms with Crippen molar-refractivity contribution >= 4 is 27.8 Å². The number of hydrogen-bond donors (Lipinski definition) is 1. The third-order valence-electron chi connectivity index (χ3n) is 3.40. The zero-order chi connectivity index (χ0) is 16.9. The summed E-state index contributed by atoms with van der Waals surface area (Å²) >= 11 is 3.54. The number of halogens is 1. The lowest BCUT2D eigenvalue weighted by atomic mass is 10.0. The van der Waals surface area contributed by atoms with Crippen LogP contribution in [0.25, 0.3) is 0 Å². The summed E-state index contributed by atoms with van der Waals surface area (Å²) in [7, 11) is 1.61. The Hall–Kier alpha value is -1.40. The van der Waals surface area contributed by atoms with Crippen LogP contribution < -0.4 is 5.43 Å². The molecule has 1 atom stereocenters. The highest BCUT2D eigenvalue weighted by molar-refractivity contribution is 9.10. The number of nitrogens with zero attached hydrogens (tertiary/aromatic N) is 1. The maximum Gasteiger partial charge on any atom is 0.324 e. The Kier molecular flexibility index (Phi) is 7.03. The van der Waals surface area contributed by atoms with Gasteiger partial charge in [-0.05, 0) is 44.4 Å². The van der Waals surface area contributed by atoms with Crippen molar-refractivity contribution in [3.8, 4) is 0 Å². The number of carbonyl (C=O) groups excluding carboxylic acids is 2. The van der Waals surface area contributed by atoms with E-state index in [1.807, 2.05) is 26.0 Å². The highest BCUT2D eigenvalue weighted by Gasteiger charge is 2.20. The Morgan fingerprint density at radius 1 is 1.32 bits per heavy atom. The minimum Gasteiger partial charge on any atom is -0.465 e. The summed E-state index contributed by atoms with van der Waals surface area (Å²) in [6, 6.07) is 3.44. The fourth-order valence-electron chi connectivity index (χ4n) is 2.00. The molecule has 1 amide bonds. The predicted molar refractivity (Wildman–Crippen MR) is 89.3 cm³/mol. The number of ether oxygens (including phenoxy) is 1. The molecule has 1 rings (SSSR count). The van der Waals surface area contributed by atoms with Gasteiger partial charge >= 0.3 is 5.97 Å². The molecule has 0 aliphatic rings. The molecule has 22 heavy (non-hydrogen) atoms. The van der Waals surface area contributed by atoms with Gasteiger partial charge in [-0.2, -0.15) is 0 Å². The summed E-state index contributed by atoms with van der Waals surface area (Å²) in [5.74, 6) is -0.499. The summed E-state index contributed by atoms with van der Waals surface area (Å²) in [5, 5.41) is 1.34. The number of nitrogens with one attached hydrogen (secondary N) is 1. The van der Waals surface area contributed by atoms with Gasteiger partial charge in [-0.25, -0.2) is 5.43 Å². The molecule has 0 bridgehead atoms. The smallest absolute Gasteiger partial charge is 0.324 e. The molecule has 1 N–H and O–H groups in total. The number of carbonyl (C=O) groups is 2. The topological polar surface area (TPSA) is 58.6 Å². The zero-order valence-electron chi connectivity index (χ0n) is 13.7. The van der Waals surface area contributed by atoms with E-state index < -0.39 is 6.04 Å². The fraction of sp³-hybridized carbons (Fsp3) is 0.500. The summed E-state index contributed by atoms with van der Waals surface area (Å²) in [5.41, 5.74) is 5.93. The van der Waals surface area contributed by atoms with Gasteiger partial charge < -0.3 is 4.74 Å². The first-order chi connectivity index (χ1) is 10.3. The highest BCUT2D eigenvalue weighted by Crippen LogP contribution is 2.25. The van der Waals surface area contributed by atoms with Crippen LogP contribution in [0.4, 0.5) is 0 Å². The molecule has 0 spiro atoms. The number of esters is 1. The predicted octanol–water partition coefficient (Wildman–Crippen LogP) is 2.52. The average Bonchev–Trinajstić information content (AvgIpc) is 2.47. The Balaban J connectivity index is 2.73. The van der Waals surface area contributed by atoms with Crippen LogP contribution in [0.1, 0.15) is 30.5 Å². The van der Waals surface area contributed by atoms with Crippen molar-refractivity contribution in [2.24, 2.45) is 0 Å². The van der Waals surface area contributed by atoms with Gasteiger partial charge in [-0.15, -0.1) is 0 Å². The van der Waals surface area contributed by atoms with Crippen LogP contribution >= 0.6 is 15.9 Å². The molecular formula is C16H23BrN2O3. The van der Waals surface area contributed by atoms with E-state index in [-0.39, 0.29) is 18.3 Å². The molecule has 0 aliphatic carbocycles. The normalized spacial score (nSPS) is 11.9. The second-order valence-corrected chi connectivity index (χ2v) is 6.02. The SMILES string of the molecule is CCOC(=O)C(C)NN(C)C(=O)Cc1c(C)ccc(C)c1Br. The van der Waals surface area contributed by atoms with E-state index in [0.717, 1.165) is 21.2 Å². The van der Waals surface area contributed by atoms with Crippen LogP contribution in [0.2, 0.25) is 0 Å². The molecule has 6 heteroatoms. The van der Waals surface area contributed by atoms with Gasteiger partial charge in [0.1, 0.15) is 6.04 Å². The molecule has 0 aromatic heterocycles. The van der Waals surface area contributed by atoms with Crippen molar-refractivity contribution in [1.29, 1.82) is 0 Å². The van der Waals surface area contributed by atoms with E-state index in [9.17, 15) is 9.59 Å². The Bertz CT molecular complexity index is 561. The monoisotopic (exact) mass is 370 g/mol. The van der Waals surface area contributed by atoms with Gasteiger partial charge in [0.05, 0.1) is 13.0 Å². The quantitative estimate of drug-likeness (QED) is 0.617. The molecule has 0 saturated carbocycles. The van der Waals surface area contributed by atoms with Crippen LogP contribution in [0.5, 0.6) is 0 Å². The molecule has 1 unspecified atom stereocenters. The maximum absolute atomic E-state index is 12.3. The van der Waals surface area contributed by atoms with Crippen LogP contribution in [0.3, 0.4) is 0 Å². The standard InChI is InChI=1S/C16H23BrN2O3/c1-6-22-16(21)12(4)18-19(5)14(20)9-13-10(2)7-8-11(3)15(13)17/h7-8,12,18H,6,9H2,1-5H3. The van der Waals surface area contributed by atoms with E-state index in [4.69, 9.17) is 4.74 Å². The molecule has 5 nitrogen and oxygen atoms in total. The third kappa shape index (κ3) is 4.81. The molecule has 0 radical (unpaired) electrons. The number of benzene rings is 1. The molecule has 1 aromatic carbocycles. The molecule has 122 valence electrons. The Morgan fingerprint density at radius 2 is 1.91 bits per heavy atom. The van der Waals surface area contributed by atoms with Gasteiger partial charge in [-0.1, -0.05) is 28.1 Å². The van der Waals surface area contributed by atoms with Crippen molar-refractivity contribution in [1.82, 2.24) is 10.4 Å². The number of likely N-dealkylation sites (N-methyl/N-ethyl adjacent to an activating group) is 1. The molecule has 0 saturated heterocycles. The minimum atomic E-state index is -0.573. The van der Waals surface area contributed by atoms with Crippen molar-refractivity contribution in [3.05, 3.63) is 33.3 Å². The zero-order valence-corrected chi connectivity index (χ0v) is 15.3. The lowest BCUT2D eigenvalue weighted by Crippen LogP contribution is -2.48. The van der Waals surface area contributed by atoms with Crippen LogP contribution in [-0.4, -0.2) is 36.6 Å². The van der Waals surface area contributed by atoms with Crippen molar-refractivity contribution in [2.75, 3.05) is 13.7 Å². The van der Waals surface area contributed by atoms with Gasteiger partial charge in [0.25, 0.3) is 0 Å². The fourth-order valence-corrected chi connectivity index (χ4v) is 2.59. The number of hydrogen-bond acceptors (Lipinski definition) is 4. The lowest BCUT2D eigenvalue weighted by Gasteiger charge is -2.23. The second-order valence-electron chi connectivity index (χ2n) is 5.22. The number of aryl methyl sites for hydroxylation is 2. The average molecular weight is 371 g/mol. The van der Waals surface area contributed by atoms with Crippen molar-refractivity contribution < 1.29 is 14.3 Å². The summed E-state index contributed by atoms with van der Waals surface area (Å²) in [6.07, 6.45) is 0.257. The summed E-state index contributed by atoms with van der Waals surface area (Å²) in [6.45, 7) is 7.69. The first-order valence-corrected chi connectivity index (χ1v) is 8.01. The highest BCUT2D eigenvalue weighted by atomic mass is 79.9. The third-order valence-corrected chi connectivity index (χ3v) is 4.50. The van der Waals surface area contributed by atoms with E-state index in [1.165, 1.54) is 5.01 Å². The largest absolute Gasteiger partial charge is 0.465 e. The number of hydrazine groups is 1. The van der Waals surface area contributed by atoms with E-state index in [1.54, 1.807) is 20.9 Å². The molecule has 0 aliphatic heterocycles. The van der Waals surface area contributed by atoms with Gasteiger partial charge in [0.2, 0.25) is 5.91 Å². The molecule has 0 heterocycles. The van der Waals surface area contributed by atoms with Crippen LogP contribution in [0, 0.1) is 13.8 Å². The van der Waals surface area contributed by atoms with E-state index in [2.05, 4.69) is 21.4 Å². The molecule has 0 fully saturated rings. The van der Waals surface area contributed by atoms with Crippen molar-refractivity contribution in [3.63, 3.8) is 0 Å². The van der Waals surface area contributed by atoms with Crippen LogP contribution in [-0.2, 0) is 20.7 Å². The molecule has 1 aromatic rings. The van der Waals surface area contributed by atoms with Gasteiger partial charge in [0, 0.05) is 11.5 Å². The van der Waals surface area contributed by atoms with Crippen molar-refractivity contribution in [2.45, 2.75) is 40.2 Å². The number of rotatable bonds is 6. The number of amides is 1. The summed E-state index contributed by atoms with van der Waals surface area (Å²) < 4.78 is 5.86. The first kappa shape index (κ1) is 18.6. The Labute approximate surface area is 140 Å². The second kappa shape index (κ2) is 8.29. The minimum absolute atomic E-state index is 0.120. The Morgan fingerprint density at radius 3 is 2.50 bits per heavy atom. The van der Waals surface area contributed by atoms with Gasteiger partial charge in [0.15, 0.2) is 0 Å². The van der Waals surface area contributed by atoms with E-state index >= 15 is 0 Å². The van der Waals surface area contributed by atoms with Gasteiger partial charge in [-0.3, -0.25) is 14.6 Å². The molecular weight excluding hydrogens is 348 g/mol. The first-order valence-electron chi connectivity index (χ1n) is 7.21. The van der Waals surface area contributed by atoms with E-state index in [0.29, 0.717) is 6.61 Å². The lowest BCUT2D eigenvalue weighted by molar-refractivity contribution is -0.148. The van der Waals surface area contributed by atoms with Crippen LogP contribution in [0.15, 0.2) is 16.6 Å².